The molecule has 2 heterocycles. The van der Waals surface area contributed by atoms with E-state index in [1.807, 2.05) is 35.7 Å². The van der Waals surface area contributed by atoms with Gasteiger partial charge < -0.3 is 10.1 Å². The van der Waals surface area contributed by atoms with Gasteiger partial charge in [0.15, 0.2) is 12.3 Å². The van der Waals surface area contributed by atoms with Crippen LogP contribution in [-0.4, -0.2) is 30.0 Å². The number of amides is 1. The van der Waals surface area contributed by atoms with Gasteiger partial charge in [0.1, 0.15) is 5.01 Å². The van der Waals surface area contributed by atoms with E-state index in [9.17, 15) is 9.59 Å². The molecular formula is C18H15ClN2O3S2. The highest BCUT2D eigenvalue weighted by molar-refractivity contribution is 7.20. The molecule has 1 aromatic carbocycles. The van der Waals surface area contributed by atoms with Gasteiger partial charge in [-0.15, -0.1) is 22.7 Å². The SMILES string of the molecule is O=C(COC(=O)c1csc(-c2cccs2)n1)NCCc1cccc(Cl)c1. The lowest BCUT2D eigenvalue weighted by molar-refractivity contribution is -0.124. The zero-order valence-electron chi connectivity index (χ0n) is 13.6. The summed E-state index contributed by atoms with van der Waals surface area (Å²) in [6, 6.07) is 11.3. The van der Waals surface area contributed by atoms with Crippen molar-refractivity contribution in [2.75, 3.05) is 13.2 Å². The highest BCUT2D eigenvalue weighted by Crippen LogP contribution is 2.27. The van der Waals surface area contributed by atoms with Gasteiger partial charge in [-0.2, -0.15) is 0 Å². The second-order valence-electron chi connectivity index (χ2n) is 5.32. The van der Waals surface area contributed by atoms with Crippen LogP contribution in [0.1, 0.15) is 16.1 Å². The number of benzene rings is 1. The topological polar surface area (TPSA) is 68.3 Å². The van der Waals surface area contributed by atoms with Crippen molar-refractivity contribution < 1.29 is 14.3 Å². The number of esters is 1. The van der Waals surface area contributed by atoms with Crippen LogP contribution in [0.4, 0.5) is 0 Å². The maximum absolute atomic E-state index is 12.0. The number of hydrogen-bond donors (Lipinski definition) is 1. The van der Waals surface area contributed by atoms with Crippen molar-refractivity contribution in [2.24, 2.45) is 0 Å². The number of carbonyl (C=O) groups excluding carboxylic acids is 2. The largest absolute Gasteiger partial charge is 0.451 e. The van der Waals surface area contributed by atoms with E-state index < -0.39 is 5.97 Å². The quantitative estimate of drug-likeness (QED) is 0.601. The summed E-state index contributed by atoms with van der Waals surface area (Å²) < 4.78 is 5.02. The van der Waals surface area contributed by atoms with Crippen molar-refractivity contribution in [1.29, 1.82) is 0 Å². The van der Waals surface area contributed by atoms with Gasteiger partial charge in [-0.1, -0.05) is 29.8 Å². The van der Waals surface area contributed by atoms with Gasteiger partial charge in [0.25, 0.3) is 5.91 Å². The van der Waals surface area contributed by atoms with Crippen LogP contribution < -0.4 is 5.32 Å². The van der Waals surface area contributed by atoms with E-state index in [4.69, 9.17) is 16.3 Å². The molecule has 0 saturated carbocycles. The lowest BCUT2D eigenvalue weighted by atomic mass is 10.1. The van der Waals surface area contributed by atoms with E-state index >= 15 is 0 Å². The van der Waals surface area contributed by atoms with Crippen LogP contribution in [-0.2, 0) is 16.0 Å². The summed E-state index contributed by atoms with van der Waals surface area (Å²) in [5.74, 6) is -0.955. The van der Waals surface area contributed by atoms with Crippen LogP contribution in [0, 0.1) is 0 Å². The van der Waals surface area contributed by atoms with Crippen molar-refractivity contribution in [2.45, 2.75) is 6.42 Å². The summed E-state index contributed by atoms with van der Waals surface area (Å²) in [6.07, 6.45) is 0.649. The fourth-order valence-corrected chi connectivity index (χ4v) is 3.99. The summed E-state index contributed by atoms with van der Waals surface area (Å²) in [5, 5.41) is 7.71. The number of rotatable bonds is 7. The minimum atomic E-state index is -0.603. The van der Waals surface area contributed by atoms with E-state index in [0.717, 1.165) is 15.4 Å². The third-order valence-corrected chi connectivity index (χ3v) is 5.52. The van der Waals surface area contributed by atoms with Crippen LogP contribution in [0.25, 0.3) is 9.88 Å². The predicted octanol–water partition coefficient (Wildman–Crippen LogP) is 4.04. The van der Waals surface area contributed by atoms with Gasteiger partial charge in [-0.05, 0) is 35.6 Å². The number of nitrogens with zero attached hydrogens (tertiary/aromatic N) is 1. The summed E-state index contributed by atoms with van der Waals surface area (Å²) in [5.41, 5.74) is 1.24. The average Bonchev–Trinajstić information content (AvgIpc) is 3.31. The zero-order valence-corrected chi connectivity index (χ0v) is 16.0. The molecule has 0 fully saturated rings. The molecule has 1 N–H and O–H groups in total. The molecule has 0 aliphatic rings. The first-order valence-electron chi connectivity index (χ1n) is 7.79. The van der Waals surface area contributed by atoms with E-state index in [1.165, 1.54) is 11.3 Å². The lowest BCUT2D eigenvalue weighted by Crippen LogP contribution is -2.30. The van der Waals surface area contributed by atoms with Gasteiger partial charge in [-0.25, -0.2) is 9.78 Å². The fraction of sp³-hybridized carbons (Fsp3) is 0.167. The molecule has 0 aliphatic carbocycles. The Bertz CT molecular complexity index is 893. The van der Waals surface area contributed by atoms with Crippen LogP contribution in [0.2, 0.25) is 5.02 Å². The summed E-state index contributed by atoms with van der Waals surface area (Å²) in [4.78, 5) is 29.0. The normalized spacial score (nSPS) is 10.5. The Hall–Kier alpha value is -2.22. The Morgan fingerprint density at radius 3 is 2.85 bits per heavy atom. The maximum Gasteiger partial charge on any atom is 0.358 e. The highest BCUT2D eigenvalue weighted by atomic mass is 35.5. The Kier molecular flexibility index (Phi) is 6.38. The molecule has 0 saturated heterocycles. The van der Waals surface area contributed by atoms with Gasteiger partial charge in [-0.3, -0.25) is 4.79 Å². The second kappa shape index (κ2) is 8.93. The first-order valence-corrected chi connectivity index (χ1v) is 9.93. The van der Waals surface area contributed by atoms with Crippen LogP contribution >= 0.6 is 34.3 Å². The molecule has 0 bridgehead atoms. The van der Waals surface area contributed by atoms with Crippen LogP contribution in [0.15, 0.2) is 47.2 Å². The van der Waals surface area contributed by atoms with E-state index in [1.54, 1.807) is 22.8 Å². The van der Waals surface area contributed by atoms with Gasteiger partial charge >= 0.3 is 5.97 Å². The molecule has 1 amide bonds. The Labute approximate surface area is 163 Å². The molecule has 0 aliphatic heterocycles. The van der Waals surface area contributed by atoms with Gasteiger partial charge in [0.05, 0.1) is 4.88 Å². The van der Waals surface area contributed by atoms with Gasteiger partial charge in [0, 0.05) is 16.9 Å². The molecule has 2 aromatic heterocycles. The van der Waals surface area contributed by atoms with Crippen molar-refractivity contribution in [3.8, 4) is 9.88 Å². The zero-order chi connectivity index (χ0) is 18.4. The number of nitrogens with one attached hydrogen (secondary N) is 1. The molecular weight excluding hydrogens is 392 g/mol. The van der Waals surface area contributed by atoms with Crippen molar-refractivity contribution in [3.63, 3.8) is 0 Å². The molecule has 5 nitrogen and oxygen atoms in total. The number of hydrogen-bond acceptors (Lipinski definition) is 6. The Balaban J connectivity index is 1.42. The molecule has 0 unspecified atom stereocenters. The third-order valence-electron chi connectivity index (χ3n) is 3.40. The lowest BCUT2D eigenvalue weighted by Gasteiger charge is -2.06. The number of halogens is 1. The molecule has 0 spiro atoms. The number of aromatic nitrogens is 1. The molecule has 3 aromatic rings. The van der Waals surface area contributed by atoms with Crippen molar-refractivity contribution >= 4 is 46.2 Å². The first-order chi connectivity index (χ1) is 12.6. The third kappa shape index (κ3) is 5.14. The van der Waals surface area contributed by atoms with Gasteiger partial charge in [0.2, 0.25) is 0 Å². The molecule has 3 rings (SSSR count). The molecule has 0 atom stereocenters. The molecule has 0 radical (unpaired) electrons. The summed E-state index contributed by atoms with van der Waals surface area (Å²) in [7, 11) is 0. The summed E-state index contributed by atoms with van der Waals surface area (Å²) in [6.45, 7) is 0.107. The first kappa shape index (κ1) is 18.6. The number of carbonyl (C=O) groups is 2. The van der Waals surface area contributed by atoms with Crippen LogP contribution in [0.3, 0.4) is 0 Å². The highest BCUT2D eigenvalue weighted by Gasteiger charge is 2.15. The monoisotopic (exact) mass is 406 g/mol. The average molecular weight is 407 g/mol. The second-order valence-corrected chi connectivity index (χ2v) is 7.56. The van der Waals surface area contributed by atoms with Crippen LogP contribution in [0.5, 0.6) is 0 Å². The minimum Gasteiger partial charge on any atom is -0.451 e. The van der Waals surface area contributed by atoms with Crippen molar-refractivity contribution in [1.82, 2.24) is 10.3 Å². The standard InChI is InChI=1S/C18H15ClN2O3S2/c19-13-4-1-3-12(9-13)6-7-20-16(22)10-24-18(23)14-11-26-17(21-14)15-5-2-8-25-15/h1-5,8-9,11H,6-7,10H2,(H,20,22). The minimum absolute atomic E-state index is 0.213. The Morgan fingerprint density at radius 2 is 2.08 bits per heavy atom. The van der Waals surface area contributed by atoms with E-state index in [0.29, 0.717) is 18.0 Å². The van der Waals surface area contributed by atoms with E-state index in [-0.39, 0.29) is 18.2 Å². The Morgan fingerprint density at radius 1 is 1.19 bits per heavy atom. The fourth-order valence-electron chi connectivity index (χ4n) is 2.18. The smallest absolute Gasteiger partial charge is 0.358 e. The molecule has 26 heavy (non-hydrogen) atoms. The predicted molar refractivity (Wildman–Crippen MR) is 104 cm³/mol. The number of thiophene rings is 1. The van der Waals surface area contributed by atoms with Crippen molar-refractivity contribution in [3.05, 3.63) is 63.4 Å². The number of ether oxygens (including phenoxy) is 1. The maximum atomic E-state index is 12.0. The van der Waals surface area contributed by atoms with E-state index in [2.05, 4.69) is 10.3 Å². The molecule has 8 heteroatoms. The number of thiazole rings is 1. The summed E-state index contributed by atoms with van der Waals surface area (Å²) >= 11 is 8.83. The molecule has 134 valence electrons.